The molecule has 1 fully saturated rings. The monoisotopic (exact) mass is 424 g/mol. The first-order valence-electron chi connectivity index (χ1n) is 10.9. The molecule has 0 aliphatic carbocycles. The van der Waals surface area contributed by atoms with E-state index < -0.39 is 0 Å². The molecule has 5 rings (SSSR count). The van der Waals surface area contributed by atoms with E-state index in [0.29, 0.717) is 12.4 Å². The number of amides is 1. The van der Waals surface area contributed by atoms with E-state index in [2.05, 4.69) is 26.3 Å². The summed E-state index contributed by atoms with van der Waals surface area (Å²) >= 11 is 0. The van der Waals surface area contributed by atoms with Crippen molar-refractivity contribution in [2.75, 3.05) is 18.0 Å². The average Bonchev–Trinajstić information content (AvgIpc) is 2.88. The van der Waals surface area contributed by atoms with Gasteiger partial charge in [-0.15, -0.1) is 0 Å². The molecular weight excluding hydrogens is 400 g/mol. The first kappa shape index (κ1) is 20.1. The minimum atomic E-state index is 0.00816. The third kappa shape index (κ3) is 4.27. The van der Waals surface area contributed by atoms with Gasteiger partial charge in [0.25, 0.3) is 0 Å². The summed E-state index contributed by atoms with van der Waals surface area (Å²) in [6, 6.07) is 15.8. The van der Waals surface area contributed by atoms with Gasteiger partial charge in [-0.25, -0.2) is 9.97 Å². The molecule has 0 radical (unpaired) electrons. The van der Waals surface area contributed by atoms with Crippen LogP contribution in [0.1, 0.15) is 18.4 Å². The second-order valence-corrected chi connectivity index (χ2v) is 7.97. The van der Waals surface area contributed by atoms with Gasteiger partial charge >= 0.3 is 0 Å². The number of anilines is 1. The first-order chi connectivity index (χ1) is 15.8. The quantitative estimate of drug-likeness (QED) is 0.527. The van der Waals surface area contributed by atoms with Crippen molar-refractivity contribution in [3.63, 3.8) is 0 Å². The second kappa shape index (κ2) is 9.09. The van der Waals surface area contributed by atoms with Crippen molar-refractivity contribution in [3.05, 3.63) is 78.9 Å². The third-order valence-electron chi connectivity index (χ3n) is 5.86. The Labute approximate surface area is 186 Å². The Morgan fingerprint density at radius 3 is 2.47 bits per heavy atom. The van der Waals surface area contributed by atoms with Gasteiger partial charge in [0.1, 0.15) is 5.82 Å². The van der Waals surface area contributed by atoms with Crippen molar-refractivity contribution in [3.8, 4) is 11.4 Å². The number of hydrogen-bond acceptors (Lipinski definition) is 6. The molecule has 1 saturated heterocycles. The smallest absolute Gasteiger partial charge is 0.223 e. The van der Waals surface area contributed by atoms with Crippen LogP contribution in [-0.2, 0) is 11.3 Å². The van der Waals surface area contributed by atoms with Crippen LogP contribution < -0.4 is 10.2 Å². The van der Waals surface area contributed by atoms with Crippen LogP contribution in [0.4, 0.5) is 5.82 Å². The summed E-state index contributed by atoms with van der Waals surface area (Å²) in [6.45, 7) is 2.06. The summed E-state index contributed by atoms with van der Waals surface area (Å²) in [5.41, 5.74) is 2.81. The SMILES string of the molecule is O=C(NCc1cccnc1)C1CCN(c2nc(-c3cccnc3)nc3ccccc23)CC1. The molecule has 4 aromatic rings. The number of piperidine rings is 1. The van der Waals surface area contributed by atoms with E-state index in [1.165, 1.54) is 0 Å². The molecule has 0 saturated carbocycles. The van der Waals surface area contributed by atoms with Gasteiger partial charge in [0, 0.05) is 61.3 Å². The molecule has 7 heteroatoms. The fourth-order valence-corrected chi connectivity index (χ4v) is 4.11. The molecule has 4 heterocycles. The van der Waals surface area contributed by atoms with Crippen LogP contribution in [0.3, 0.4) is 0 Å². The lowest BCUT2D eigenvalue weighted by Crippen LogP contribution is -2.40. The fourth-order valence-electron chi connectivity index (χ4n) is 4.11. The lowest BCUT2D eigenvalue weighted by molar-refractivity contribution is -0.125. The minimum Gasteiger partial charge on any atom is -0.356 e. The molecule has 0 bridgehead atoms. The van der Waals surface area contributed by atoms with E-state index in [1.54, 1.807) is 24.8 Å². The number of rotatable bonds is 5. The van der Waals surface area contributed by atoms with Gasteiger partial charge in [0.2, 0.25) is 5.91 Å². The number of carbonyl (C=O) groups excluding carboxylic acids is 1. The van der Waals surface area contributed by atoms with Gasteiger partial charge in [0.15, 0.2) is 5.82 Å². The van der Waals surface area contributed by atoms with Crippen molar-refractivity contribution < 1.29 is 4.79 Å². The molecule has 1 amide bonds. The van der Waals surface area contributed by atoms with Crippen LogP contribution in [0, 0.1) is 5.92 Å². The zero-order valence-corrected chi connectivity index (χ0v) is 17.7. The lowest BCUT2D eigenvalue weighted by Gasteiger charge is -2.33. The topological polar surface area (TPSA) is 83.9 Å². The Hall–Kier alpha value is -3.87. The molecular formula is C25H24N6O. The number of pyridine rings is 2. The molecule has 7 nitrogen and oxygen atoms in total. The molecule has 0 atom stereocenters. The average molecular weight is 425 g/mol. The van der Waals surface area contributed by atoms with Crippen LogP contribution in [0.5, 0.6) is 0 Å². The van der Waals surface area contributed by atoms with E-state index >= 15 is 0 Å². The summed E-state index contributed by atoms with van der Waals surface area (Å²) in [4.78, 5) is 32.9. The number of nitrogens with zero attached hydrogens (tertiary/aromatic N) is 5. The highest BCUT2D eigenvalue weighted by atomic mass is 16.1. The molecule has 0 unspecified atom stereocenters. The Morgan fingerprint density at radius 1 is 0.938 bits per heavy atom. The molecule has 1 aromatic carbocycles. The maximum Gasteiger partial charge on any atom is 0.223 e. The first-order valence-corrected chi connectivity index (χ1v) is 10.9. The number of carbonyl (C=O) groups is 1. The zero-order valence-electron chi connectivity index (χ0n) is 17.7. The predicted molar refractivity (Wildman–Crippen MR) is 124 cm³/mol. The van der Waals surface area contributed by atoms with Crippen LogP contribution in [0.2, 0.25) is 0 Å². The maximum absolute atomic E-state index is 12.7. The summed E-state index contributed by atoms with van der Waals surface area (Å²) in [5.74, 6) is 1.71. The third-order valence-corrected chi connectivity index (χ3v) is 5.86. The zero-order chi connectivity index (χ0) is 21.8. The van der Waals surface area contributed by atoms with Crippen molar-refractivity contribution in [1.29, 1.82) is 0 Å². The van der Waals surface area contributed by atoms with Gasteiger partial charge in [-0.05, 0) is 48.7 Å². The number of aromatic nitrogens is 4. The molecule has 3 aromatic heterocycles. The van der Waals surface area contributed by atoms with Gasteiger partial charge in [0.05, 0.1) is 5.52 Å². The van der Waals surface area contributed by atoms with Crippen molar-refractivity contribution >= 4 is 22.6 Å². The Bertz CT molecular complexity index is 1210. The maximum atomic E-state index is 12.7. The van der Waals surface area contributed by atoms with E-state index in [9.17, 15) is 4.79 Å². The van der Waals surface area contributed by atoms with Crippen molar-refractivity contribution in [2.45, 2.75) is 19.4 Å². The minimum absolute atomic E-state index is 0.00816. The second-order valence-electron chi connectivity index (χ2n) is 7.97. The fraction of sp³-hybridized carbons (Fsp3) is 0.240. The Morgan fingerprint density at radius 2 is 1.72 bits per heavy atom. The van der Waals surface area contributed by atoms with Gasteiger partial charge in [-0.3, -0.25) is 14.8 Å². The number of nitrogens with one attached hydrogen (secondary N) is 1. The van der Waals surface area contributed by atoms with E-state index in [0.717, 1.165) is 53.8 Å². The van der Waals surface area contributed by atoms with Crippen LogP contribution >= 0.6 is 0 Å². The molecule has 0 spiro atoms. The Kier molecular flexibility index (Phi) is 5.70. The van der Waals surface area contributed by atoms with Gasteiger partial charge < -0.3 is 10.2 Å². The highest BCUT2D eigenvalue weighted by Crippen LogP contribution is 2.30. The van der Waals surface area contributed by atoms with Crippen LogP contribution in [0.25, 0.3) is 22.3 Å². The Balaban J connectivity index is 1.32. The van der Waals surface area contributed by atoms with E-state index in [1.807, 2.05) is 42.5 Å². The molecule has 1 aliphatic heterocycles. The normalized spacial score (nSPS) is 14.4. The molecule has 1 N–H and O–H groups in total. The number of fused-ring (bicyclic) bond motifs is 1. The molecule has 160 valence electrons. The summed E-state index contributed by atoms with van der Waals surface area (Å²) in [7, 11) is 0. The summed E-state index contributed by atoms with van der Waals surface area (Å²) in [5, 5.41) is 4.08. The molecule has 1 aliphatic rings. The predicted octanol–water partition coefficient (Wildman–Crippen LogP) is 3.62. The highest BCUT2D eigenvalue weighted by Gasteiger charge is 2.27. The standard InChI is InChI=1S/C25H24N6O/c32-25(28-16-18-5-3-11-26-15-18)19-9-13-31(14-10-19)24-21-7-1-2-8-22(21)29-23(30-24)20-6-4-12-27-17-20/h1-8,11-12,15,17,19H,9-10,13-14,16H2,(H,28,32). The highest BCUT2D eigenvalue weighted by molar-refractivity contribution is 5.91. The largest absolute Gasteiger partial charge is 0.356 e. The van der Waals surface area contributed by atoms with E-state index in [-0.39, 0.29) is 11.8 Å². The van der Waals surface area contributed by atoms with Crippen LogP contribution in [-0.4, -0.2) is 38.9 Å². The summed E-state index contributed by atoms with van der Waals surface area (Å²) in [6.07, 6.45) is 8.63. The van der Waals surface area contributed by atoms with Gasteiger partial charge in [-0.2, -0.15) is 0 Å². The van der Waals surface area contributed by atoms with E-state index in [4.69, 9.17) is 9.97 Å². The van der Waals surface area contributed by atoms with Crippen molar-refractivity contribution in [1.82, 2.24) is 25.3 Å². The number of benzene rings is 1. The van der Waals surface area contributed by atoms with Crippen LogP contribution in [0.15, 0.2) is 73.3 Å². The summed E-state index contributed by atoms with van der Waals surface area (Å²) < 4.78 is 0. The number of hydrogen-bond donors (Lipinski definition) is 1. The lowest BCUT2D eigenvalue weighted by atomic mass is 9.95. The number of para-hydroxylation sites is 1. The molecule has 32 heavy (non-hydrogen) atoms. The van der Waals surface area contributed by atoms with Crippen molar-refractivity contribution in [2.24, 2.45) is 5.92 Å². The van der Waals surface area contributed by atoms with Gasteiger partial charge in [-0.1, -0.05) is 18.2 Å².